The van der Waals surface area contributed by atoms with Gasteiger partial charge in [0.05, 0.1) is 10.5 Å². The molecule has 0 unspecified atom stereocenters. The molecule has 0 radical (unpaired) electrons. The lowest BCUT2D eigenvalue weighted by Gasteiger charge is -2.35. The van der Waals surface area contributed by atoms with E-state index in [-0.39, 0.29) is 42.9 Å². The zero-order valence-corrected chi connectivity index (χ0v) is 14.1. The molecule has 0 aromatic heterocycles. The van der Waals surface area contributed by atoms with Gasteiger partial charge in [0, 0.05) is 37.3 Å². The minimum absolute atomic E-state index is 0. The lowest BCUT2D eigenvalue weighted by Crippen LogP contribution is -2.49. The van der Waals surface area contributed by atoms with Gasteiger partial charge in [0.25, 0.3) is 5.69 Å². The van der Waals surface area contributed by atoms with E-state index < -0.39 is 28.4 Å². The lowest BCUT2D eigenvalue weighted by molar-refractivity contribution is -0.386. The summed E-state index contributed by atoms with van der Waals surface area (Å²) in [6.07, 6.45) is -4.62. The van der Waals surface area contributed by atoms with Gasteiger partial charge in [-0.05, 0) is 12.1 Å². The summed E-state index contributed by atoms with van der Waals surface area (Å²) in [7, 11) is 0. The molecule has 1 aliphatic heterocycles. The minimum atomic E-state index is -4.62. The van der Waals surface area contributed by atoms with Crippen LogP contribution in [0.2, 0.25) is 5.02 Å². The molecule has 0 bridgehead atoms. The normalized spacial score (nSPS) is 16.9. The second-order valence-electron chi connectivity index (χ2n) is 4.69. The third kappa shape index (κ3) is 5.36. The van der Waals surface area contributed by atoms with Crippen molar-refractivity contribution in [3.63, 3.8) is 0 Å². The Hall–Kier alpha value is -0.800. The third-order valence-corrected chi connectivity index (χ3v) is 3.54. The zero-order valence-electron chi connectivity index (χ0n) is 11.7. The lowest BCUT2D eigenvalue weighted by atomic mass is 10.0. The van der Waals surface area contributed by atoms with E-state index in [0.29, 0.717) is 13.1 Å². The molecule has 1 aromatic rings. The minimum Gasteiger partial charge on any atom is -0.314 e. The van der Waals surface area contributed by atoms with Gasteiger partial charge in [0.1, 0.15) is 6.04 Å². The number of nitro groups is 1. The van der Waals surface area contributed by atoms with Crippen LogP contribution in [0.25, 0.3) is 0 Å². The van der Waals surface area contributed by atoms with E-state index in [4.69, 9.17) is 11.6 Å². The van der Waals surface area contributed by atoms with E-state index in [1.807, 2.05) is 0 Å². The highest BCUT2D eigenvalue weighted by Crippen LogP contribution is 2.42. The van der Waals surface area contributed by atoms with Crippen molar-refractivity contribution in [3.05, 3.63) is 38.9 Å². The van der Waals surface area contributed by atoms with Crippen LogP contribution in [0.4, 0.5) is 18.9 Å². The summed E-state index contributed by atoms with van der Waals surface area (Å²) < 4.78 is 40.3. The summed E-state index contributed by atoms with van der Waals surface area (Å²) in [6, 6.07) is 1.23. The van der Waals surface area contributed by atoms with Crippen molar-refractivity contribution in [2.24, 2.45) is 0 Å². The van der Waals surface area contributed by atoms with E-state index in [1.54, 1.807) is 0 Å². The van der Waals surface area contributed by atoms with Crippen molar-refractivity contribution >= 4 is 42.1 Å². The van der Waals surface area contributed by atoms with Gasteiger partial charge >= 0.3 is 6.18 Å². The van der Waals surface area contributed by atoms with Crippen LogP contribution in [0.1, 0.15) is 11.6 Å². The molecule has 1 saturated heterocycles. The summed E-state index contributed by atoms with van der Waals surface area (Å²) in [6.45, 7) is 1.13. The third-order valence-electron chi connectivity index (χ3n) is 3.31. The Balaban J connectivity index is 0.00000242. The van der Waals surface area contributed by atoms with E-state index in [2.05, 4.69) is 5.32 Å². The van der Waals surface area contributed by atoms with Crippen molar-refractivity contribution < 1.29 is 18.1 Å². The maximum Gasteiger partial charge on any atom is 0.408 e. The summed E-state index contributed by atoms with van der Waals surface area (Å²) in [5.74, 6) is 0. The number of benzene rings is 1. The Bertz CT molecular complexity index is 540. The molecule has 132 valence electrons. The fourth-order valence-corrected chi connectivity index (χ4v) is 2.61. The van der Waals surface area contributed by atoms with Gasteiger partial charge in [-0.15, -0.1) is 24.8 Å². The van der Waals surface area contributed by atoms with Crippen LogP contribution in [0.5, 0.6) is 0 Å². The smallest absolute Gasteiger partial charge is 0.314 e. The van der Waals surface area contributed by atoms with E-state index in [1.165, 1.54) is 11.0 Å². The predicted molar refractivity (Wildman–Crippen MR) is 85.8 cm³/mol. The number of hydrogen-bond acceptors (Lipinski definition) is 4. The summed E-state index contributed by atoms with van der Waals surface area (Å²) in [5.41, 5.74) is -0.984. The number of piperazine rings is 1. The molecule has 2 rings (SSSR count). The van der Waals surface area contributed by atoms with Crippen LogP contribution in [0, 0.1) is 10.1 Å². The molecule has 23 heavy (non-hydrogen) atoms. The van der Waals surface area contributed by atoms with Crippen LogP contribution in [0.3, 0.4) is 0 Å². The molecule has 1 aliphatic rings. The maximum absolute atomic E-state index is 13.4. The number of hydrogen-bond donors (Lipinski definition) is 1. The fourth-order valence-electron chi connectivity index (χ4n) is 2.43. The van der Waals surface area contributed by atoms with Gasteiger partial charge in [-0.1, -0.05) is 11.6 Å². The molecule has 0 aliphatic carbocycles. The number of halogens is 6. The molecule has 1 N–H and O–H groups in total. The van der Waals surface area contributed by atoms with Gasteiger partial charge in [-0.25, -0.2) is 0 Å². The second kappa shape index (κ2) is 8.89. The summed E-state index contributed by atoms with van der Waals surface area (Å²) in [5, 5.41) is 14.0. The van der Waals surface area contributed by atoms with E-state index in [9.17, 15) is 23.3 Å². The Morgan fingerprint density at radius 2 is 1.83 bits per heavy atom. The first kappa shape index (κ1) is 22.2. The topological polar surface area (TPSA) is 58.4 Å². The number of rotatable bonds is 3. The SMILES string of the molecule is Cl.Cl.O=[N+]([O-])c1ccc(Cl)cc1[C@H](N1CCNCC1)C(F)(F)F. The first-order valence-electron chi connectivity index (χ1n) is 6.26. The number of alkyl halides is 3. The van der Waals surface area contributed by atoms with Crippen LogP contribution in [-0.4, -0.2) is 42.2 Å². The quantitative estimate of drug-likeness (QED) is 0.626. The summed E-state index contributed by atoms with van der Waals surface area (Å²) in [4.78, 5) is 11.4. The van der Waals surface area contributed by atoms with Gasteiger partial charge in [-0.3, -0.25) is 15.0 Å². The van der Waals surface area contributed by atoms with Crippen LogP contribution < -0.4 is 5.32 Å². The highest BCUT2D eigenvalue weighted by molar-refractivity contribution is 6.30. The van der Waals surface area contributed by atoms with E-state index in [0.717, 1.165) is 12.1 Å². The van der Waals surface area contributed by atoms with E-state index >= 15 is 0 Å². The van der Waals surface area contributed by atoms with Gasteiger partial charge in [-0.2, -0.15) is 13.2 Å². The molecule has 1 aromatic carbocycles. The average molecular weight is 397 g/mol. The zero-order chi connectivity index (χ0) is 15.6. The first-order valence-corrected chi connectivity index (χ1v) is 6.64. The monoisotopic (exact) mass is 395 g/mol. The van der Waals surface area contributed by atoms with Gasteiger partial charge in [0.2, 0.25) is 0 Å². The molecule has 1 atom stereocenters. The highest BCUT2D eigenvalue weighted by Gasteiger charge is 2.47. The van der Waals surface area contributed by atoms with Crippen molar-refractivity contribution in [2.45, 2.75) is 12.2 Å². The molecule has 0 amide bonds. The maximum atomic E-state index is 13.4. The first-order chi connectivity index (χ1) is 9.80. The molecular weight excluding hydrogens is 382 g/mol. The largest absolute Gasteiger partial charge is 0.408 e. The van der Waals surface area contributed by atoms with Crippen molar-refractivity contribution in [1.29, 1.82) is 0 Å². The number of nitro benzene ring substituents is 1. The Kier molecular flexibility index (Phi) is 8.58. The molecule has 1 heterocycles. The van der Waals surface area contributed by atoms with Crippen LogP contribution >= 0.6 is 36.4 Å². The number of nitrogens with one attached hydrogen (secondary N) is 1. The predicted octanol–water partition coefficient (Wildman–Crippen LogP) is 3.60. The Morgan fingerprint density at radius 3 is 2.30 bits per heavy atom. The molecule has 0 spiro atoms. The molecule has 0 saturated carbocycles. The van der Waals surface area contributed by atoms with Crippen LogP contribution in [-0.2, 0) is 0 Å². The molecule has 5 nitrogen and oxygen atoms in total. The summed E-state index contributed by atoms with van der Waals surface area (Å²) >= 11 is 5.73. The highest BCUT2D eigenvalue weighted by atomic mass is 35.5. The van der Waals surface area contributed by atoms with Crippen LogP contribution in [0.15, 0.2) is 18.2 Å². The Labute approximate surface area is 148 Å². The average Bonchev–Trinajstić information content (AvgIpc) is 2.38. The molecule has 1 fully saturated rings. The molecule has 11 heteroatoms. The van der Waals surface area contributed by atoms with Crippen molar-refractivity contribution in [3.8, 4) is 0 Å². The fraction of sp³-hybridized carbons (Fsp3) is 0.500. The van der Waals surface area contributed by atoms with Gasteiger partial charge < -0.3 is 5.32 Å². The Morgan fingerprint density at radius 1 is 1.26 bits per heavy atom. The van der Waals surface area contributed by atoms with Crippen molar-refractivity contribution in [1.82, 2.24) is 10.2 Å². The standard InChI is InChI=1S/C12H13ClF3N3O2.2ClH/c13-8-1-2-10(19(20)21)9(7-8)11(12(14,15)16)18-5-3-17-4-6-18;;/h1-2,7,11,17H,3-6H2;2*1H/t11-;;/m0../s1. The van der Waals surface area contributed by atoms with Crippen molar-refractivity contribution in [2.75, 3.05) is 26.2 Å². The number of nitrogens with zero attached hydrogens (tertiary/aromatic N) is 2. The second-order valence-corrected chi connectivity index (χ2v) is 5.13. The van der Waals surface area contributed by atoms with Gasteiger partial charge in [0.15, 0.2) is 0 Å². The molecular formula is C12H15Cl3F3N3O2.